The van der Waals surface area contributed by atoms with Crippen molar-refractivity contribution in [1.29, 1.82) is 0 Å². The number of amidine groups is 1. The molecule has 0 spiro atoms. The molecule has 1 heterocycles. The Labute approximate surface area is 171 Å². The van der Waals surface area contributed by atoms with Crippen LogP contribution in [0.25, 0.3) is 0 Å². The van der Waals surface area contributed by atoms with Crippen molar-refractivity contribution in [2.45, 2.75) is 44.6 Å². The smallest absolute Gasteiger partial charge is 0.160 e. The molecule has 150 valence electrons. The fourth-order valence-corrected chi connectivity index (χ4v) is 3.86. The van der Waals surface area contributed by atoms with Gasteiger partial charge in [-0.05, 0) is 65.7 Å². The van der Waals surface area contributed by atoms with Crippen molar-refractivity contribution in [3.8, 4) is 0 Å². The third-order valence-electron chi connectivity index (χ3n) is 5.04. The third kappa shape index (κ3) is 5.27. The van der Waals surface area contributed by atoms with E-state index in [1.165, 1.54) is 30.7 Å². The number of carbonyl (C=O) groups is 1. The van der Waals surface area contributed by atoms with Gasteiger partial charge in [-0.15, -0.1) is 0 Å². The van der Waals surface area contributed by atoms with E-state index in [-0.39, 0.29) is 28.6 Å². The van der Waals surface area contributed by atoms with Gasteiger partial charge in [-0.1, -0.05) is 0 Å². The molecule has 1 aliphatic rings. The third-order valence-corrected chi connectivity index (χ3v) is 5.65. The monoisotopic (exact) mass is 451 g/mol. The van der Waals surface area contributed by atoms with Crippen molar-refractivity contribution in [1.82, 2.24) is 5.48 Å². The Morgan fingerprint density at radius 2 is 2.07 bits per heavy atom. The van der Waals surface area contributed by atoms with E-state index in [0.29, 0.717) is 29.2 Å². The normalized spacial score (nSPS) is 20.2. The molecule has 0 amide bonds. The number of benzene rings is 1. The first-order valence-electron chi connectivity index (χ1n) is 9.22. The maximum absolute atomic E-state index is 13.4. The van der Waals surface area contributed by atoms with E-state index in [1.54, 1.807) is 0 Å². The summed E-state index contributed by atoms with van der Waals surface area (Å²) in [6.45, 7) is 0. The number of hydrogen-bond donors (Lipinski definition) is 3. The summed E-state index contributed by atoms with van der Waals surface area (Å²) in [7, 11) is 0. The zero-order valence-electron chi connectivity index (χ0n) is 15.3. The van der Waals surface area contributed by atoms with Gasteiger partial charge in [0.1, 0.15) is 17.9 Å². The van der Waals surface area contributed by atoms with Crippen LogP contribution in [0, 0.1) is 11.7 Å². The van der Waals surface area contributed by atoms with E-state index in [4.69, 9.17) is 10.2 Å². The molecule has 4 N–H and O–H groups in total. The molecule has 1 saturated carbocycles. The number of nitrogens with one attached hydrogen (secondary N) is 1. The molecule has 8 heteroatoms. The van der Waals surface area contributed by atoms with Gasteiger partial charge in [-0.3, -0.25) is 15.5 Å². The van der Waals surface area contributed by atoms with Crippen LogP contribution in [0.4, 0.5) is 10.1 Å². The zero-order chi connectivity index (χ0) is 20.1. The quantitative estimate of drug-likeness (QED) is 0.346. The van der Waals surface area contributed by atoms with E-state index in [0.717, 1.165) is 25.7 Å². The predicted molar refractivity (Wildman–Crippen MR) is 107 cm³/mol. The second-order valence-corrected chi connectivity index (χ2v) is 8.04. The Hall–Kier alpha value is -2.03. The lowest BCUT2D eigenvalue weighted by Gasteiger charge is -2.25. The van der Waals surface area contributed by atoms with E-state index in [1.807, 2.05) is 5.48 Å². The number of aliphatic imine (C=N–C) groups is 1. The average molecular weight is 452 g/mol. The van der Waals surface area contributed by atoms with Gasteiger partial charge in [0.05, 0.1) is 22.0 Å². The molecule has 1 aromatic carbocycles. The van der Waals surface area contributed by atoms with Crippen LogP contribution in [0.5, 0.6) is 0 Å². The van der Waals surface area contributed by atoms with Crippen molar-refractivity contribution in [3.05, 3.63) is 52.1 Å². The Balaban J connectivity index is 1.71. The molecular weight excluding hydrogens is 429 g/mol. The van der Waals surface area contributed by atoms with Crippen LogP contribution in [0.1, 0.15) is 43.2 Å². The van der Waals surface area contributed by atoms with Gasteiger partial charge in [0.2, 0.25) is 0 Å². The number of nitrogens with two attached hydrogens (primary N) is 1. The van der Waals surface area contributed by atoms with Crippen LogP contribution in [0.15, 0.2) is 44.6 Å². The highest BCUT2D eigenvalue weighted by atomic mass is 79.9. The van der Waals surface area contributed by atoms with Crippen molar-refractivity contribution < 1.29 is 18.8 Å². The Morgan fingerprint density at radius 1 is 1.32 bits per heavy atom. The first-order valence-corrected chi connectivity index (χ1v) is 10.0. The van der Waals surface area contributed by atoms with Gasteiger partial charge < -0.3 is 10.2 Å². The Morgan fingerprint density at radius 3 is 2.75 bits per heavy atom. The number of furan rings is 1. The Bertz CT molecular complexity index is 860. The average Bonchev–Trinajstić information content (AvgIpc) is 3.12. The van der Waals surface area contributed by atoms with E-state index in [9.17, 15) is 14.4 Å². The summed E-state index contributed by atoms with van der Waals surface area (Å²) in [5.41, 5.74) is 9.52. The number of ketones is 1. The fourth-order valence-electron chi connectivity index (χ4n) is 3.50. The minimum Gasteiger partial charge on any atom is -0.472 e. The molecule has 1 fully saturated rings. The summed E-state index contributed by atoms with van der Waals surface area (Å²) >= 11 is 3.11. The highest BCUT2D eigenvalue weighted by Crippen LogP contribution is 2.27. The highest BCUT2D eigenvalue weighted by Gasteiger charge is 2.22. The number of halogens is 2. The maximum atomic E-state index is 13.4. The molecule has 28 heavy (non-hydrogen) atoms. The molecule has 0 saturated heterocycles. The van der Waals surface area contributed by atoms with Gasteiger partial charge in [-0.2, -0.15) is 0 Å². The summed E-state index contributed by atoms with van der Waals surface area (Å²) in [6, 6.07) is 4.50. The van der Waals surface area contributed by atoms with Crippen LogP contribution in [-0.2, 0) is 11.2 Å². The first-order chi connectivity index (χ1) is 13.5. The molecule has 1 aliphatic carbocycles. The largest absolute Gasteiger partial charge is 0.472 e. The van der Waals surface area contributed by atoms with Crippen molar-refractivity contribution in [2.24, 2.45) is 16.6 Å². The topological polar surface area (TPSA) is 101 Å². The second-order valence-electron chi connectivity index (χ2n) is 7.18. The first kappa shape index (κ1) is 20.7. The molecule has 0 bridgehead atoms. The van der Waals surface area contributed by atoms with Crippen LogP contribution >= 0.6 is 15.9 Å². The van der Waals surface area contributed by atoms with Gasteiger partial charge >= 0.3 is 0 Å². The molecular formula is C20H23BrFN3O3. The maximum Gasteiger partial charge on any atom is 0.160 e. The van der Waals surface area contributed by atoms with E-state index >= 15 is 0 Å². The minimum atomic E-state index is -0.407. The molecule has 0 aliphatic heterocycles. The van der Waals surface area contributed by atoms with Crippen LogP contribution in [0.3, 0.4) is 0 Å². The summed E-state index contributed by atoms with van der Waals surface area (Å²) < 4.78 is 18.9. The molecule has 3 rings (SSSR count). The summed E-state index contributed by atoms with van der Waals surface area (Å²) in [4.78, 5) is 16.8. The number of rotatable bonds is 6. The van der Waals surface area contributed by atoms with E-state index < -0.39 is 5.82 Å². The molecule has 2 aromatic rings. The summed E-state index contributed by atoms with van der Waals surface area (Å²) in [5.74, 6) is 0.211. The van der Waals surface area contributed by atoms with Crippen LogP contribution < -0.4 is 11.2 Å². The molecule has 0 unspecified atom stereocenters. The molecule has 0 radical (unpaired) electrons. The fraction of sp³-hybridized carbons (Fsp3) is 0.400. The molecule has 1 aromatic heterocycles. The van der Waals surface area contributed by atoms with Gasteiger partial charge in [0.15, 0.2) is 5.84 Å². The van der Waals surface area contributed by atoms with Crippen molar-refractivity contribution in [3.63, 3.8) is 0 Å². The Kier molecular flexibility index (Phi) is 6.98. The molecule has 6 nitrogen and oxygen atoms in total. The lowest BCUT2D eigenvalue weighted by Crippen LogP contribution is -2.27. The summed E-state index contributed by atoms with van der Waals surface area (Å²) in [6.07, 6.45) is 7.51. The SMILES string of the molecule is NC1CCC(CC(=O)Cc2cocc2C(=Nc2ccc(F)c(Br)c2)NO)CC1. The standard InChI is InChI=1S/C20H23BrFN3O3/c21-18-9-15(5-6-19(18)22)24-20(25-27)17-11-28-10-13(17)8-16(26)7-12-1-3-14(23)4-2-12/h5-6,9-12,14,27H,1-4,7-8,23H2,(H,24,25). The second kappa shape index (κ2) is 9.45. The molecule has 0 atom stereocenters. The van der Waals surface area contributed by atoms with Crippen LogP contribution in [-0.4, -0.2) is 22.9 Å². The summed E-state index contributed by atoms with van der Waals surface area (Å²) in [5, 5.41) is 9.52. The van der Waals surface area contributed by atoms with E-state index in [2.05, 4.69) is 20.9 Å². The lowest BCUT2D eigenvalue weighted by molar-refractivity contribution is -0.119. The number of Topliss-reactive ketones (excluding diaryl/α,β-unsaturated/α-hetero) is 1. The number of carbonyl (C=O) groups excluding carboxylic acids is 1. The predicted octanol–water partition coefficient (Wildman–Crippen LogP) is 4.26. The van der Waals surface area contributed by atoms with Crippen molar-refractivity contribution >= 4 is 33.2 Å². The lowest BCUT2D eigenvalue weighted by atomic mass is 9.83. The number of hydroxylamine groups is 1. The number of hydrogen-bond acceptors (Lipinski definition) is 5. The minimum absolute atomic E-state index is 0.116. The zero-order valence-corrected chi connectivity index (χ0v) is 16.9. The van der Waals surface area contributed by atoms with Crippen LogP contribution in [0.2, 0.25) is 0 Å². The number of nitrogens with zero attached hydrogens (tertiary/aromatic N) is 1. The van der Waals surface area contributed by atoms with Gasteiger partial charge in [-0.25, -0.2) is 9.38 Å². The van der Waals surface area contributed by atoms with Gasteiger partial charge in [0, 0.05) is 24.4 Å². The van der Waals surface area contributed by atoms with Crippen molar-refractivity contribution in [2.75, 3.05) is 0 Å². The van der Waals surface area contributed by atoms with Gasteiger partial charge in [0.25, 0.3) is 0 Å². The highest BCUT2D eigenvalue weighted by molar-refractivity contribution is 9.10.